The van der Waals surface area contributed by atoms with Crippen LogP contribution in [0.4, 0.5) is 13.6 Å². The standard InChI is InChI=1S/C23H28F2N4O6.ClH/c1-12(26)19-18(20(30)27-15-7-8-29(10-15)23(31)32-2)28-21(35-19)14-5-6-16(34-22(24)25)17(9-14)33-11-13-3-4-13;/h5-6,9,12-13,15,22H,3-4,7-8,10-11,26H2,1-2H3,(H,27,30);1H/t12-,15+;/m0./s1. The average Bonchev–Trinajstić information content (AvgIpc) is 3.34. The van der Waals surface area contributed by atoms with Crippen LogP contribution in [0.25, 0.3) is 11.5 Å². The number of benzene rings is 1. The summed E-state index contributed by atoms with van der Waals surface area (Å²) >= 11 is 0. The van der Waals surface area contributed by atoms with E-state index in [9.17, 15) is 18.4 Å². The van der Waals surface area contributed by atoms with Crippen molar-refractivity contribution in [3.63, 3.8) is 0 Å². The summed E-state index contributed by atoms with van der Waals surface area (Å²) in [4.78, 5) is 30.5. The maximum absolute atomic E-state index is 13.0. The number of carbonyl (C=O) groups excluding carboxylic acids is 2. The molecule has 3 N–H and O–H groups in total. The molecule has 10 nitrogen and oxygen atoms in total. The van der Waals surface area contributed by atoms with Gasteiger partial charge in [0, 0.05) is 24.7 Å². The maximum Gasteiger partial charge on any atom is 0.409 e. The van der Waals surface area contributed by atoms with Crippen molar-refractivity contribution in [3.05, 3.63) is 29.7 Å². The number of nitrogens with zero attached hydrogens (tertiary/aromatic N) is 2. The maximum atomic E-state index is 13.0. The summed E-state index contributed by atoms with van der Waals surface area (Å²) in [6.07, 6.45) is 2.16. The van der Waals surface area contributed by atoms with Gasteiger partial charge in [0.1, 0.15) is 0 Å². The molecule has 198 valence electrons. The second-order valence-electron chi connectivity index (χ2n) is 8.69. The Morgan fingerprint density at radius 3 is 2.67 bits per heavy atom. The fourth-order valence-corrected chi connectivity index (χ4v) is 3.79. The summed E-state index contributed by atoms with van der Waals surface area (Å²) in [5.41, 5.74) is 6.44. The lowest BCUT2D eigenvalue weighted by Gasteiger charge is -2.15. The van der Waals surface area contributed by atoms with Crippen molar-refractivity contribution in [2.75, 3.05) is 26.8 Å². The number of amides is 2. The summed E-state index contributed by atoms with van der Waals surface area (Å²) in [6, 6.07) is 3.41. The SMILES string of the molecule is COC(=O)N1CC[C@@H](NC(=O)c2nc(-c3ccc(OC(F)F)c(OCC4CC4)c3)oc2[C@H](C)N)C1.Cl. The molecule has 1 aromatic carbocycles. The number of rotatable bonds is 9. The summed E-state index contributed by atoms with van der Waals surface area (Å²) in [5, 5.41) is 2.85. The molecule has 2 aromatic rings. The number of oxazole rings is 1. The van der Waals surface area contributed by atoms with Crippen LogP contribution in [0.1, 0.15) is 48.5 Å². The first-order chi connectivity index (χ1) is 16.7. The molecule has 2 atom stereocenters. The predicted octanol–water partition coefficient (Wildman–Crippen LogP) is 3.74. The highest BCUT2D eigenvalue weighted by atomic mass is 35.5. The Labute approximate surface area is 212 Å². The van der Waals surface area contributed by atoms with Gasteiger partial charge >= 0.3 is 12.7 Å². The zero-order valence-electron chi connectivity index (χ0n) is 19.9. The Hall–Kier alpha value is -3.12. The average molecular weight is 531 g/mol. The molecular weight excluding hydrogens is 502 g/mol. The molecule has 36 heavy (non-hydrogen) atoms. The molecular formula is C23H29ClF2N4O6. The highest BCUT2D eigenvalue weighted by Crippen LogP contribution is 2.37. The van der Waals surface area contributed by atoms with Gasteiger partial charge in [0.2, 0.25) is 5.89 Å². The number of nitrogens with one attached hydrogen (secondary N) is 1. The minimum absolute atomic E-state index is 0. The van der Waals surface area contributed by atoms with Crippen molar-refractivity contribution in [2.45, 2.75) is 44.9 Å². The highest BCUT2D eigenvalue weighted by Gasteiger charge is 2.31. The van der Waals surface area contributed by atoms with E-state index in [0.717, 1.165) is 12.8 Å². The molecule has 2 amide bonds. The molecule has 0 unspecified atom stereocenters. The monoisotopic (exact) mass is 530 g/mol. The molecule has 2 aliphatic rings. The van der Waals surface area contributed by atoms with Gasteiger partial charge in [0.05, 0.1) is 19.8 Å². The first kappa shape index (κ1) is 27.5. The van der Waals surface area contributed by atoms with Crippen LogP contribution in [0.3, 0.4) is 0 Å². The lowest BCUT2D eigenvalue weighted by atomic mass is 10.2. The Kier molecular flexibility index (Phi) is 8.96. The topological polar surface area (TPSA) is 129 Å². The predicted molar refractivity (Wildman–Crippen MR) is 126 cm³/mol. The van der Waals surface area contributed by atoms with Crippen molar-refractivity contribution in [2.24, 2.45) is 11.7 Å². The summed E-state index contributed by atoms with van der Waals surface area (Å²) in [6.45, 7) is -0.198. The highest BCUT2D eigenvalue weighted by molar-refractivity contribution is 5.94. The number of hydrogen-bond acceptors (Lipinski definition) is 8. The van der Waals surface area contributed by atoms with Gasteiger partial charge in [-0.3, -0.25) is 4.79 Å². The first-order valence-corrected chi connectivity index (χ1v) is 11.4. The van der Waals surface area contributed by atoms with Gasteiger partial charge in [0.25, 0.3) is 5.91 Å². The van der Waals surface area contributed by atoms with Crippen molar-refractivity contribution in [1.29, 1.82) is 0 Å². The van der Waals surface area contributed by atoms with E-state index in [0.29, 0.717) is 37.6 Å². The van der Waals surface area contributed by atoms with Crippen molar-refractivity contribution in [3.8, 4) is 23.0 Å². The number of aromatic nitrogens is 1. The molecule has 0 radical (unpaired) electrons. The number of methoxy groups -OCH3 is 1. The number of halogens is 3. The van der Waals surface area contributed by atoms with E-state index in [1.165, 1.54) is 30.2 Å². The Bertz CT molecular complexity index is 1080. The third-order valence-electron chi connectivity index (χ3n) is 5.82. The van der Waals surface area contributed by atoms with Crippen LogP contribution in [0.5, 0.6) is 11.5 Å². The van der Waals surface area contributed by atoms with E-state index < -0.39 is 24.7 Å². The van der Waals surface area contributed by atoms with Gasteiger partial charge in [0.15, 0.2) is 23.0 Å². The number of ether oxygens (including phenoxy) is 3. The number of likely N-dealkylation sites (tertiary alicyclic amines) is 1. The number of hydrogen-bond donors (Lipinski definition) is 2. The second-order valence-corrected chi connectivity index (χ2v) is 8.69. The quantitative estimate of drug-likeness (QED) is 0.501. The van der Waals surface area contributed by atoms with Crippen molar-refractivity contribution < 1.29 is 37.0 Å². The normalized spacial score (nSPS) is 17.9. The summed E-state index contributed by atoms with van der Waals surface area (Å²) in [5.74, 6) is 0.198. The van der Waals surface area contributed by atoms with E-state index in [-0.39, 0.29) is 47.3 Å². The van der Waals surface area contributed by atoms with Gasteiger partial charge < -0.3 is 34.6 Å². The van der Waals surface area contributed by atoms with Gasteiger partial charge in [-0.1, -0.05) is 0 Å². The molecule has 1 aliphatic heterocycles. The van der Waals surface area contributed by atoms with Crippen LogP contribution in [0.15, 0.2) is 22.6 Å². The Balaban J connectivity index is 0.00000361. The zero-order valence-corrected chi connectivity index (χ0v) is 20.7. The lowest BCUT2D eigenvalue weighted by Crippen LogP contribution is -2.39. The first-order valence-electron chi connectivity index (χ1n) is 11.4. The molecule has 0 bridgehead atoms. The fraction of sp³-hybridized carbons (Fsp3) is 0.522. The molecule has 1 saturated heterocycles. The molecule has 13 heteroatoms. The fourth-order valence-electron chi connectivity index (χ4n) is 3.79. The molecule has 2 heterocycles. The van der Waals surface area contributed by atoms with E-state index in [1.54, 1.807) is 6.92 Å². The van der Waals surface area contributed by atoms with Gasteiger partial charge in [-0.25, -0.2) is 9.78 Å². The zero-order chi connectivity index (χ0) is 25.1. The molecule has 1 aliphatic carbocycles. The van der Waals surface area contributed by atoms with Crippen LogP contribution in [-0.4, -0.2) is 61.3 Å². The minimum Gasteiger partial charge on any atom is -0.489 e. The smallest absolute Gasteiger partial charge is 0.409 e. The molecule has 4 rings (SSSR count). The number of nitrogens with two attached hydrogens (primary N) is 1. The number of alkyl halides is 2. The van der Waals surface area contributed by atoms with Crippen LogP contribution in [-0.2, 0) is 4.74 Å². The van der Waals surface area contributed by atoms with E-state index in [2.05, 4.69) is 15.0 Å². The van der Waals surface area contributed by atoms with Crippen molar-refractivity contribution >= 4 is 24.4 Å². The van der Waals surface area contributed by atoms with Crippen LogP contribution in [0.2, 0.25) is 0 Å². The van der Waals surface area contributed by atoms with Gasteiger partial charge in [-0.15, -0.1) is 12.4 Å². The third kappa shape index (κ3) is 6.55. The van der Waals surface area contributed by atoms with Crippen LogP contribution >= 0.6 is 12.4 Å². The third-order valence-corrected chi connectivity index (χ3v) is 5.82. The summed E-state index contributed by atoms with van der Waals surface area (Å²) in [7, 11) is 1.30. The van der Waals surface area contributed by atoms with Gasteiger partial charge in [-0.2, -0.15) is 8.78 Å². The van der Waals surface area contributed by atoms with Crippen LogP contribution in [0, 0.1) is 5.92 Å². The molecule has 1 saturated carbocycles. The Morgan fingerprint density at radius 1 is 1.28 bits per heavy atom. The van der Waals surface area contributed by atoms with Crippen LogP contribution < -0.4 is 20.5 Å². The second kappa shape index (κ2) is 11.7. The molecule has 0 spiro atoms. The number of carbonyl (C=O) groups is 2. The van der Waals surface area contributed by atoms with E-state index >= 15 is 0 Å². The van der Waals surface area contributed by atoms with E-state index in [1.807, 2.05) is 0 Å². The minimum atomic E-state index is -3.00. The van der Waals surface area contributed by atoms with Crippen molar-refractivity contribution in [1.82, 2.24) is 15.2 Å². The largest absolute Gasteiger partial charge is 0.489 e. The van der Waals surface area contributed by atoms with E-state index in [4.69, 9.17) is 19.6 Å². The van der Waals surface area contributed by atoms with Gasteiger partial charge in [-0.05, 0) is 50.3 Å². The molecule has 2 fully saturated rings. The lowest BCUT2D eigenvalue weighted by molar-refractivity contribution is -0.0515. The molecule has 1 aromatic heterocycles. The summed E-state index contributed by atoms with van der Waals surface area (Å²) < 4.78 is 46.5. The Morgan fingerprint density at radius 2 is 2.03 bits per heavy atom.